The number of nitrogens with zero attached hydrogens (tertiary/aromatic N) is 2. The van der Waals surface area contributed by atoms with E-state index in [0.29, 0.717) is 26.2 Å². The predicted octanol–water partition coefficient (Wildman–Crippen LogP) is 0.467. The molecule has 2 aliphatic rings. The first-order valence-corrected chi connectivity index (χ1v) is 8.45. The van der Waals surface area contributed by atoms with Crippen LogP contribution in [0.3, 0.4) is 0 Å². The van der Waals surface area contributed by atoms with Crippen molar-refractivity contribution in [3.63, 3.8) is 0 Å². The Morgan fingerprint density at radius 3 is 2.43 bits per heavy atom. The van der Waals surface area contributed by atoms with Crippen molar-refractivity contribution < 1.29 is 9.59 Å². The van der Waals surface area contributed by atoms with E-state index < -0.39 is 0 Å². The highest BCUT2D eigenvalue weighted by Gasteiger charge is 2.39. The second-order valence-corrected chi connectivity index (χ2v) is 7.03. The summed E-state index contributed by atoms with van der Waals surface area (Å²) in [4.78, 5) is 28.5. The molecule has 2 fully saturated rings. The molecule has 2 saturated heterocycles. The van der Waals surface area contributed by atoms with E-state index in [0.717, 1.165) is 32.5 Å². The number of nitrogens with one attached hydrogen (secondary N) is 2. The minimum atomic E-state index is -0.0730. The molecule has 1 atom stereocenters. The van der Waals surface area contributed by atoms with Crippen LogP contribution in [0.5, 0.6) is 0 Å². The average molecular weight is 347 g/mol. The van der Waals surface area contributed by atoms with Gasteiger partial charge in [0.25, 0.3) is 0 Å². The van der Waals surface area contributed by atoms with E-state index in [1.165, 1.54) is 0 Å². The van der Waals surface area contributed by atoms with Gasteiger partial charge in [-0.1, -0.05) is 13.8 Å². The number of piperidine rings is 1. The van der Waals surface area contributed by atoms with Gasteiger partial charge in [0.05, 0.1) is 12.6 Å². The van der Waals surface area contributed by atoms with Gasteiger partial charge in [-0.3, -0.25) is 14.5 Å². The van der Waals surface area contributed by atoms with Gasteiger partial charge in [0.2, 0.25) is 11.8 Å². The van der Waals surface area contributed by atoms with Crippen LogP contribution in [0.4, 0.5) is 0 Å². The number of halogens is 1. The first-order chi connectivity index (χ1) is 10.4. The van der Waals surface area contributed by atoms with Gasteiger partial charge in [-0.05, 0) is 31.7 Å². The van der Waals surface area contributed by atoms with Gasteiger partial charge in [-0.2, -0.15) is 0 Å². The van der Waals surface area contributed by atoms with Crippen LogP contribution in [-0.4, -0.2) is 73.5 Å². The second kappa shape index (κ2) is 8.85. The first kappa shape index (κ1) is 20.2. The topological polar surface area (TPSA) is 64.7 Å². The number of rotatable bonds is 4. The van der Waals surface area contributed by atoms with Crippen molar-refractivity contribution in [2.24, 2.45) is 5.41 Å². The van der Waals surface area contributed by atoms with E-state index >= 15 is 0 Å². The van der Waals surface area contributed by atoms with Crippen LogP contribution in [0.2, 0.25) is 0 Å². The number of piperazine rings is 1. The highest BCUT2D eigenvalue weighted by molar-refractivity contribution is 5.85. The van der Waals surface area contributed by atoms with Crippen molar-refractivity contribution >= 4 is 24.2 Å². The molecule has 0 saturated carbocycles. The molecule has 2 rings (SSSR count). The van der Waals surface area contributed by atoms with Crippen LogP contribution >= 0.6 is 12.4 Å². The maximum atomic E-state index is 12.8. The fourth-order valence-electron chi connectivity index (χ4n) is 3.40. The molecule has 2 heterocycles. The lowest BCUT2D eigenvalue weighted by Gasteiger charge is -2.43. The molecule has 1 unspecified atom stereocenters. The number of hydrogen-bond donors (Lipinski definition) is 2. The molecule has 0 aromatic heterocycles. The Labute approximate surface area is 145 Å². The number of carbonyl (C=O) groups is 2. The summed E-state index contributed by atoms with van der Waals surface area (Å²) in [5.74, 6) is 0.291. The van der Waals surface area contributed by atoms with Crippen molar-refractivity contribution in [3.8, 4) is 0 Å². The first-order valence-electron chi connectivity index (χ1n) is 8.45. The predicted molar refractivity (Wildman–Crippen MR) is 93.8 cm³/mol. The van der Waals surface area contributed by atoms with Crippen LogP contribution in [0.15, 0.2) is 0 Å². The summed E-state index contributed by atoms with van der Waals surface area (Å²) in [5, 5.41) is 6.22. The minimum Gasteiger partial charge on any atom is -0.355 e. The molecule has 0 bridgehead atoms. The molecule has 6 nitrogen and oxygen atoms in total. The highest BCUT2D eigenvalue weighted by Crippen LogP contribution is 2.31. The van der Waals surface area contributed by atoms with E-state index in [-0.39, 0.29) is 35.7 Å². The lowest BCUT2D eigenvalue weighted by atomic mass is 9.77. The molecule has 7 heteroatoms. The zero-order valence-electron chi connectivity index (χ0n) is 14.6. The van der Waals surface area contributed by atoms with E-state index in [1.54, 1.807) is 0 Å². The monoisotopic (exact) mass is 346 g/mol. The third-order valence-electron chi connectivity index (χ3n) is 4.80. The van der Waals surface area contributed by atoms with Gasteiger partial charge >= 0.3 is 0 Å². The van der Waals surface area contributed by atoms with Gasteiger partial charge < -0.3 is 15.5 Å². The van der Waals surface area contributed by atoms with Crippen molar-refractivity contribution in [1.29, 1.82) is 0 Å². The van der Waals surface area contributed by atoms with Crippen LogP contribution in [0.1, 0.15) is 33.6 Å². The zero-order chi connectivity index (χ0) is 16.2. The van der Waals surface area contributed by atoms with Crippen LogP contribution in [-0.2, 0) is 9.59 Å². The van der Waals surface area contributed by atoms with E-state index in [4.69, 9.17) is 0 Å². The van der Waals surface area contributed by atoms with E-state index in [2.05, 4.69) is 29.4 Å². The summed E-state index contributed by atoms with van der Waals surface area (Å²) in [6, 6.07) is -0.0730. The standard InChI is InChI=1S/C16H30N4O2.ClH/c1-4-17-13(21)12-19-8-10-20(11-9-19)15(22)14-16(2,3)6-5-7-18-14;/h14,18H,4-12H2,1-3H3,(H,17,21);1H. The fourth-order valence-corrected chi connectivity index (χ4v) is 3.40. The Kier molecular flexibility index (Phi) is 7.77. The van der Waals surface area contributed by atoms with E-state index in [1.807, 2.05) is 11.8 Å². The third kappa shape index (κ3) is 5.33. The normalized spacial score (nSPS) is 24.7. The molecule has 2 N–H and O–H groups in total. The van der Waals surface area contributed by atoms with Crippen LogP contribution < -0.4 is 10.6 Å². The summed E-state index contributed by atoms with van der Waals surface area (Å²) in [6.07, 6.45) is 2.23. The van der Waals surface area contributed by atoms with Crippen molar-refractivity contribution in [1.82, 2.24) is 20.4 Å². The summed E-state index contributed by atoms with van der Waals surface area (Å²) in [7, 11) is 0. The molecule has 0 aromatic rings. The molecular weight excluding hydrogens is 316 g/mol. The molecule has 134 valence electrons. The highest BCUT2D eigenvalue weighted by atomic mass is 35.5. The summed E-state index contributed by atoms with van der Waals surface area (Å²) in [6.45, 7) is 11.3. The molecule has 2 aliphatic heterocycles. The molecule has 0 spiro atoms. The van der Waals surface area contributed by atoms with Gasteiger partial charge in [0.1, 0.15) is 0 Å². The van der Waals surface area contributed by atoms with Crippen molar-refractivity contribution in [2.75, 3.05) is 45.8 Å². The summed E-state index contributed by atoms with van der Waals surface area (Å²) in [5.41, 5.74) is 0.0213. The maximum Gasteiger partial charge on any atom is 0.240 e. The smallest absolute Gasteiger partial charge is 0.240 e. The Morgan fingerprint density at radius 1 is 1.22 bits per heavy atom. The lowest BCUT2D eigenvalue weighted by molar-refractivity contribution is -0.139. The minimum absolute atomic E-state index is 0. The molecule has 0 aromatic carbocycles. The van der Waals surface area contributed by atoms with Crippen LogP contribution in [0.25, 0.3) is 0 Å². The molecule has 2 amide bonds. The Morgan fingerprint density at radius 2 is 1.87 bits per heavy atom. The third-order valence-corrected chi connectivity index (χ3v) is 4.80. The fraction of sp³-hybridized carbons (Fsp3) is 0.875. The molecule has 23 heavy (non-hydrogen) atoms. The number of hydrogen-bond acceptors (Lipinski definition) is 4. The summed E-state index contributed by atoms with van der Waals surface area (Å²) >= 11 is 0. The van der Waals surface area contributed by atoms with Gasteiger partial charge in [-0.15, -0.1) is 12.4 Å². The van der Waals surface area contributed by atoms with Gasteiger partial charge in [-0.25, -0.2) is 0 Å². The Bertz CT molecular complexity index is 409. The van der Waals surface area contributed by atoms with E-state index in [9.17, 15) is 9.59 Å². The summed E-state index contributed by atoms with van der Waals surface area (Å²) < 4.78 is 0. The quantitative estimate of drug-likeness (QED) is 0.776. The Hall–Kier alpha value is -0.850. The SMILES string of the molecule is CCNC(=O)CN1CCN(C(=O)C2NCCCC2(C)C)CC1.Cl. The number of carbonyl (C=O) groups excluding carboxylic acids is 2. The molecule has 0 aliphatic carbocycles. The van der Waals surface area contributed by atoms with Gasteiger partial charge in [0, 0.05) is 32.7 Å². The lowest BCUT2D eigenvalue weighted by Crippen LogP contribution is -2.60. The average Bonchev–Trinajstić information content (AvgIpc) is 2.47. The van der Waals surface area contributed by atoms with Crippen LogP contribution in [0, 0.1) is 5.41 Å². The van der Waals surface area contributed by atoms with Crippen molar-refractivity contribution in [3.05, 3.63) is 0 Å². The van der Waals surface area contributed by atoms with Crippen molar-refractivity contribution in [2.45, 2.75) is 39.7 Å². The molecular formula is C16H31ClN4O2. The molecule has 0 radical (unpaired) electrons. The number of likely N-dealkylation sites (N-methyl/N-ethyl adjacent to an activating group) is 1. The number of amides is 2. The second-order valence-electron chi connectivity index (χ2n) is 7.03. The zero-order valence-corrected chi connectivity index (χ0v) is 15.4. The largest absolute Gasteiger partial charge is 0.355 e. The maximum absolute atomic E-state index is 12.8. The van der Waals surface area contributed by atoms with Gasteiger partial charge in [0.15, 0.2) is 0 Å². The Balaban J connectivity index is 0.00000264.